The fourth-order valence-corrected chi connectivity index (χ4v) is 2.02. The van der Waals surface area contributed by atoms with E-state index in [0.717, 1.165) is 11.4 Å². The van der Waals surface area contributed by atoms with Crippen LogP contribution in [0, 0.1) is 24.2 Å². The zero-order valence-corrected chi connectivity index (χ0v) is 12.5. The summed E-state index contributed by atoms with van der Waals surface area (Å²) in [5.41, 5.74) is 4.93. The Hall–Kier alpha value is -1.93. The molecule has 19 heavy (non-hydrogen) atoms. The van der Waals surface area contributed by atoms with Crippen LogP contribution < -0.4 is 0 Å². The van der Waals surface area contributed by atoms with E-state index in [1.54, 1.807) is 10.7 Å². The van der Waals surface area contributed by atoms with Crippen molar-refractivity contribution in [3.8, 4) is 17.3 Å². The second-order valence-electron chi connectivity index (χ2n) is 5.42. The summed E-state index contributed by atoms with van der Waals surface area (Å²) in [4.78, 5) is 4.02. The van der Waals surface area contributed by atoms with Gasteiger partial charge < -0.3 is 0 Å². The van der Waals surface area contributed by atoms with Crippen molar-refractivity contribution in [1.29, 1.82) is 0 Å². The van der Waals surface area contributed by atoms with Gasteiger partial charge in [-0.15, -0.1) is 5.54 Å². The van der Waals surface area contributed by atoms with Crippen LogP contribution in [0.5, 0.6) is 0 Å². The van der Waals surface area contributed by atoms with Crippen LogP contribution in [0.25, 0.3) is 5.82 Å². The van der Waals surface area contributed by atoms with Gasteiger partial charge in [0.1, 0.15) is 19.6 Å². The van der Waals surface area contributed by atoms with Crippen molar-refractivity contribution in [3.05, 3.63) is 41.6 Å². The second kappa shape index (κ2) is 4.98. The first-order chi connectivity index (χ1) is 8.85. The summed E-state index contributed by atoms with van der Waals surface area (Å²) in [6.07, 6.45) is 1.18. The highest BCUT2D eigenvalue weighted by Gasteiger charge is 2.09. The molecule has 0 aromatic carbocycles. The quantitative estimate of drug-likeness (QED) is 0.591. The molecule has 0 unspecified atom stereocenters. The number of halogens is 1. The third-order valence-electron chi connectivity index (χ3n) is 2.38. The van der Waals surface area contributed by atoms with Crippen molar-refractivity contribution < 1.29 is 4.39 Å². The van der Waals surface area contributed by atoms with E-state index in [9.17, 15) is 4.39 Å². The van der Waals surface area contributed by atoms with Gasteiger partial charge in [-0.3, -0.25) is 0 Å². The lowest BCUT2D eigenvalue weighted by Gasteiger charge is -2.02. The molecule has 0 radical (unpaired) electrons. The average Bonchev–Trinajstić information content (AvgIpc) is 2.68. The molecule has 2 heterocycles. The van der Waals surface area contributed by atoms with Crippen molar-refractivity contribution in [1.82, 2.24) is 14.8 Å². The van der Waals surface area contributed by atoms with Crippen LogP contribution in [0.3, 0.4) is 0 Å². The molecule has 0 N–H and O–H groups in total. The Kier molecular flexibility index (Phi) is 3.54. The number of hydrogen-bond acceptors (Lipinski definition) is 2. The summed E-state index contributed by atoms with van der Waals surface area (Å²) in [7, 11) is -1.41. The van der Waals surface area contributed by atoms with Gasteiger partial charge in [-0.05, 0) is 25.1 Å². The minimum atomic E-state index is -1.41. The van der Waals surface area contributed by atoms with E-state index in [2.05, 4.69) is 41.2 Å². The fraction of sp³-hybridized carbons (Fsp3) is 0.286. The van der Waals surface area contributed by atoms with E-state index in [0.29, 0.717) is 5.82 Å². The van der Waals surface area contributed by atoms with Crippen molar-refractivity contribution >= 4 is 8.07 Å². The monoisotopic (exact) mass is 273 g/mol. The zero-order chi connectivity index (χ0) is 14.0. The first kappa shape index (κ1) is 13.5. The number of rotatable bonds is 1. The van der Waals surface area contributed by atoms with Crippen LogP contribution in [-0.4, -0.2) is 22.8 Å². The van der Waals surface area contributed by atoms with Crippen LogP contribution in [0.4, 0.5) is 4.39 Å². The molecule has 98 valence electrons. The molecular weight excluding hydrogens is 257 g/mol. The lowest BCUT2D eigenvalue weighted by molar-refractivity contribution is 0.618. The third kappa shape index (κ3) is 3.52. The predicted octanol–water partition coefficient (Wildman–Crippen LogP) is 2.94. The largest absolute Gasteiger partial charge is 0.234 e. The zero-order valence-electron chi connectivity index (χ0n) is 11.5. The van der Waals surface area contributed by atoms with Crippen LogP contribution in [-0.2, 0) is 0 Å². The lowest BCUT2D eigenvalue weighted by atomic mass is 10.4. The van der Waals surface area contributed by atoms with Crippen LogP contribution in [0.2, 0.25) is 19.6 Å². The summed E-state index contributed by atoms with van der Waals surface area (Å²) in [5.74, 6) is 3.35. The van der Waals surface area contributed by atoms with Gasteiger partial charge in [0, 0.05) is 5.69 Å². The van der Waals surface area contributed by atoms with Crippen LogP contribution in [0.1, 0.15) is 11.4 Å². The fourth-order valence-electron chi connectivity index (χ4n) is 1.51. The van der Waals surface area contributed by atoms with Gasteiger partial charge in [-0.1, -0.05) is 25.6 Å². The minimum absolute atomic E-state index is 0.354. The second-order valence-corrected chi connectivity index (χ2v) is 10.2. The van der Waals surface area contributed by atoms with Crippen molar-refractivity contribution in [2.24, 2.45) is 0 Å². The highest BCUT2D eigenvalue weighted by atomic mass is 28.3. The average molecular weight is 273 g/mol. The maximum absolute atomic E-state index is 12.9. The molecule has 0 saturated heterocycles. The number of aromatic nitrogens is 3. The maximum atomic E-state index is 12.9. The summed E-state index contributed by atoms with van der Waals surface area (Å²) >= 11 is 0. The Bertz CT molecular complexity index is 642. The van der Waals surface area contributed by atoms with E-state index >= 15 is 0 Å². The number of aryl methyl sites for hydroxylation is 1. The molecule has 5 heteroatoms. The molecule has 2 aromatic rings. The van der Waals surface area contributed by atoms with Gasteiger partial charge in [-0.2, -0.15) is 5.10 Å². The molecule has 0 aliphatic carbocycles. The molecule has 0 aliphatic rings. The smallest absolute Gasteiger partial charge is 0.153 e. The van der Waals surface area contributed by atoms with Gasteiger partial charge >= 0.3 is 0 Å². The Morgan fingerprint density at radius 2 is 2.00 bits per heavy atom. The standard InChI is InChI=1S/C14H16FN3Si/c1-11-9-13(7-8-19(2,3)4)17-18(11)14-6-5-12(15)10-16-14/h5-6,9-10H,1-4H3. The molecule has 2 aromatic heterocycles. The molecule has 0 saturated carbocycles. The van der Waals surface area contributed by atoms with Gasteiger partial charge in [-0.25, -0.2) is 14.1 Å². The molecule has 0 aliphatic heterocycles. The highest BCUT2D eigenvalue weighted by molar-refractivity contribution is 6.83. The third-order valence-corrected chi connectivity index (χ3v) is 3.26. The first-order valence-corrected chi connectivity index (χ1v) is 9.57. The molecule has 0 atom stereocenters. The Balaban J connectivity index is 2.36. The molecule has 3 nitrogen and oxygen atoms in total. The van der Waals surface area contributed by atoms with Gasteiger partial charge in [0.25, 0.3) is 0 Å². The minimum Gasteiger partial charge on any atom is -0.234 e. The van der Waals surface area contributed by atoms with E-state index < -0.39 is 8.07 Å². The van der Waals surface area contributed by atoms with Gasteiger partial charge in [0.05, 0.1) is 6.20 Å². The Morgan fingerprint density at radius 1 is 1.26 bits per heavy atom. The van der Waals surface area contributed by atoms with Crippen LogP contribution >= 0.6 is 0 Å². The molecule has 0 bridgehead atoms. The summed E-state index contributed by atoms with van der Waals surface area (Å²) in [6, 6.07) is 4.89. The predicted molar refractivity (Wildman–Crippen MR) is 76.3 cm³/mol. The lowest BCUT2D eigenvalue weighted by Crippen LogP contribution is -2.16. The topological polar surface area (TPSA) is 30.7 Å². The Labute approximate surface area is 113 Å². The number of pyridine rings is 1. The van der Waals surface area contributed by atoms with E-state index in [4.69, 9.17) is 0 Å². The van der Waals surface area contributed by atoms with Gasteiger partial charge in [0.15, 0.2) is 5.82 Å². The normalized spacial score (nSPS) is 11.0. The summed E-state index contributed by atoms with van der Waals surface area (Å²) in [5, 5.41) is 4.39. The molecular formula is C14H16FN3Si. The van der Waals surface area contributed by atoms with Gasteiger partial charge in [0.2, 0.25) is 0 Å². The number of hydrogen-bond donors (Lipinski definition) is 0. The van der Waals surface area contributed by atoms with E-state index in [1.165, 1.54) is 12.3 Å². The SMILES string of the molecule is Cc1cc(C#C[Si](C)(C)C)nn1-c1ccc(F)cn1. The highest BCUT2D eigenvalue weighted by Crippen LogP contribution is 2.10. The first-order valence-electron chi connectivity index (χ1n) is 6.07. The molecule has 0 fully saturated rings. The summed E-state index contributed by atoms with van der Waals surface area (Å²) in [6.45, 7) is 8.49. The van der Waals surface area contributed by atoms with Crippen molar-refractivity contribution in [3.63, 3.8) is 0 Å². The summed E-state index contributed by atoms with van der Waals surface area (Å²) < 4.78 is 14.5. The molecule has 0 spiro atoms. The van der Waals surface area contributed by atoms with Crippen molar-refractivity contribution in [2.45, 2.75) is 26.6 Å². The Morgan fingerprint density at radius 3 is 2.58 bits per heavy atom. The van der Waals surface area contributed by atoms with E-state index in [-0.39, 0.29) is 5.82 Å². The van der Waals surface area contributed by atoms with Crippen LogP contribution in [0.15, 0.2) is 24.4 Å². The molecule has 2 rings (SSSR count). The van der Waals surface area contributed by atoms with Crippen molar-refractivity contribution in [2.75, 3.05) is 0 Å². The number of nitrogens with zero attached hydrogens (tertiary/aromatic N) is 3. The maximum Gasteiger partial charge on any atom is 0.153 e. The molecule has 0 amide bonds. The van der Waals surface area contributed by atoms with E-state index in [1.807, 2.05) is 13.0 Å².